The molecule has 146 valence electrons. The van der Waals surface area contributed by atoms with E-state index in [1.807, 2.05) is 12.1 Å². The summed E-state index contributed by atoms with van der Waals surface area (Å²) in [6, 6.07) is 8.15. The van der Waals surface area contributed by atoms with Crippen molar-refractivity contribution >= 4 is 0 Å². The molecular weight excluding hydrogens is 351 g/mol. The second-order valence-electron chi connectivity index (χ2n) is 7.09. The quantitative estimate of drug-likeness (QED) is 0.285. The van der Waals surface area contributed by atoms with Crippen LogP contribution in [-0.2, 0) is 6.42 Å². The Balaban J connectivity index is 1.60. The van der Waals surface area contributed by atoms with Gasteiger partial charge < -0.3 is 4.74 Å². The molecule has 1 saturated carbocycles. The van der Waals surface area contributed by atoms with Crippen molar-refractivity contribution in [3.63, 3.8) is 0 Å². The lowest BCUT2D eigenvalue weighted by Crippen LogP contribution is -2.17. The molecule has 0 saturated heterocycles. The number of aryl methyl sites for hydroxylation is 1. The maximum Gasteiger partial charge on any atom is 0.573 e. The Hall–Kier alpha value is -2.22. The first-order chi connectivity index (χ1) is 13.0. The smallest absolute Gasteiger partial charge is 0.406 e. The molecule has 5 heteroatoms. The van der Waals surface area contributed by atoms with Crippen molar-refractivity contribution in [1.29, 1.82) is 5.26 Å². The second-order valence-corrected chi connectivity index (χ2v) is 7.09. The number of hydrogen-bond donors (Lipinski definition) is 0. The van der Waals surface area contributed by atoms with Gasteiger partial charge in [0.2, 0.25) is 0 Å². The summed E-state index contributed by atoms with van der Waals surface area (Å²) in [5.41, 5.74) is 1.05. The second kappa shape index (κ2) is 10.8. The third-order valence-electron chi connectivity index (χ3n) is 5.04. The Morgan fingerprint density at radius 2 is 1.74 bits per heavy atom. The molecule has 0 atom stereocenters. The average molecular weight is 377 g/mol. The molecule has 0 aromatic heterocycles. The van der Waals surface area contributed by atoms with E-state index in [1.165, 1.54) is 50.3 Å². The highest BCUT2D eigenvalue weighted by molar-refractivity contribution is 5.27. The van der Waals surface area contributed by atoms with E-state index in [1.54, 1.807) is 18.2 Å². The summed E-state index contributed by atoms with van der Waals surface area (Å²) in [7, 11) is 0. The highest BCUT2D eigenvalue weighted by Crippen LogP contribution is 2.32. The van der Waals surface area contributed by atoms with Gasteiger partial charge in [-0.3, -0.25) is 0 Å². The molecule has 1 aromatic rings. The van der Waals surface area contributed by atoms with Crippen molar-refractivity contribution in [1.82, 2.24) is 0 Å². The van der Waals surface area contributed by atoms with E-state index in [0.29, 0.717) is 5.92 Å². The van der Waals surface area contributed by atoms with Crippen LogP contribution < -0.4 is 4.74 Å². The van der Waals surface area contributed by atoms with Gasteiger partial charge in [0, 0.05) is 6.08 Å². The minimum absolute atomic E-state index is 0.167. The molecule has 0 aliphatic heterocycles. The molecule has 1 aliphatic carbocycles. The minimum Gasteiger partial charge on any atom is -0.406 e. The van der Waals surface area contributed by atoms with Crippen LogP contribution >= 0.6 is 0 Å². The summed E-state index contributed by atoms with van der Waals surface area (Å²) in [5.74, 6) is 1.24. The van der Waals surface area contributed by atoms with E-state index in [0.717, 1.165) is 30.7 Å². The zero-order chi connectivity index (χ0) is 19.5. The van der Waals surface area contributed by atoms with E-state index < -0.39 is 6.36 Å². The normalized spacial score (nSPS) is 20.8. The lowest BCUT2D eigenvalue weighted by Gasteiger charge is -2.26. The van der Waals surface area contributed by atoms with Gasteiger partial charge in [-0.1, -0.05) is 43.2 Å². The first kappa shape index (κ1) is 21.1. The third kappa shape index (κ3) is 8.81. The predicted octanol–water partition coefficient (Wildman–Crippen LogP) is 6.74. The molecule has 2 nitrogen and oxygen atoms in total. The van der Waals surface area contributed by atoms with Crippen LogP contribution in [0, 0.1) is 23.2 Å². The van der Waals surface area contributed by atoms with Crippen LogP contribution in [0.3, 0.4) is 0 Å². The Labute approximate surface area is 159 Å². The van der Waals surface area contributed by atoms with Crippen LogP contribution in [-0.4, -0.2) is 6.36 Å². The third-order valence-corrected chi connectivity index (χ3v) is 5.04. The van der Waals surface area contributed by atoms with Gasteiger partial charge in [-0.05, 0) is 68.1 Å². The lowest BCUT2D eigenvalue weighted by atomic mass is 9.79. The maximum absolute atomic E-state index is 12.1. The average Bonchev–Trinajstić information content (AvgIpc) is 2.63. The number of alkyl halides is 3. The summed E-state index contributed by atoms with van der Waals surface area (Å²) in [6.07, 6.45) is 12.0. The monoisotopic (exact) mass is 377 g/mol. The molecule has 0 unspecified atom stereocenters. The van der Waals surface area contributed by atoms with E-state index in [2.05, 4.69) is 10.8 Å². The topological polar surface area (TPSA) is 33.0 Å². The molecule has 0 heterocycles. The van der Waals surface area contributed by atoms with Crippen molar-refractivity contribution < 1.29 is 17.9 Å². The summed E-state index contributed by atoms with van der Waals surface area (Å²) in [5, 5.41) is 8.45. The van der Waals surface area contributed by atoms with E-state index in [4.69, 9.17) is 5.26 Å². The van der Waals surface area contributed by atoms with Gasteiger partial charge in [0.05, 0.1) is 6.07 Å². The van der Waals surface area contributed by atoms with Gasteiger partial charge in [-0.25, -0.2) is 0 Å². The summed E-state index contributed by atoms with van der Waals surface area (Å²) in [4.78, 5) is 0. The Morgan fingerprint density at radius 1 is 1.04 bits per heavy atom. The summed E-state index contributed by atoms with van der Waals surface area (Å²) < 4.78 is 40.3. The Morgan fingerprint density at radius 3 is 2.37 bits per heavy atom. The van der Waals surface area contributed by atoms with Crippen molar-refractivity contribution in [3.05, 3.63) is 54.1 Å². The van der Waals surface area contributed by atoms with Crippen LogP contribution in [0.5, 0.6) is 5.75 Å². The van der Waals surface area contributed by atoms with Gasteiger partial charge in [-0.2, -0.15) is 5.26 Å². The number of ether oxygens (including phenoxy) is 1. The number of nitriles is 1. The molecule has 0 amide bonds. The van der Waals surface area contributed by atoms with Gasteiger partial charge in [0.15, 0.2) is 0 Å². The molecule has 0 bridgehead atoms. The molecule has 1 fully saturated rings. The van der Waals surface area contributed by atoms with Crippen LogP contribution in [0.25, 0.3) is 0 Å². The van der Waals surface area contributed by atoms with Crippen molar-refractivity contribution in [2.45, 2.75) is 57.7 Å². The molecule has 1 aliphatic rings. The zero-order valence-electron chi connectivity index (χ0n) is 15.4. The molecule has 27 heavy (non-hydrogen) atoms. The van der Waals surface area contributed by atoms with Crippen LogP contribution in [0.15, 0.2) is 48.6 Å². The number of allylic oxidation sites excluding steroid dienone is 4. The SMILES string of the molecule is N#CC=CC=C[C@H]1CC[C@H](CCCCc2ccc(OC(F)(F)F)cc2)CC1. The lowest BCUT2D eigenvalue weighted by molar-refractivity contribution is -0.274. The van der Waals surface area contributed by atoms with Crippen LogP contribution in [0.4, 0.5) is 13.2 Å². The minimum atomic E-state index is -4.64. The molecule has 0 N–H and O–H groups in total. The fourth-order valence-electron chi connectivity index (χ4n) is 3.61. The number of benzene rings is 1. The zero-order valence-corrected chi connectivity index (χ0v) is 15.4. The van der Waals surface area contributed by atoms with Gasteiger partial charge in [-0.15, -0.1) is 13.2 Å². The number of halogens is 3. The Bertz CT molecular complexity index is 648. The standard InChI is InChI=1S/C22H26F3NO/c23-22(24,25)27-21-15-13-20(14-16-21)8-4-3-7-19-11-9-18(10-12-19)6-2-1-5-17-26/h1-2,5-6,13-16,18-19H,3-4,7-12H2/t18-,19-. The molecule has 0 spiro atoms. The molecular formula is C22H26F3NO. The highest BCUT2D eigenvalue weighted by atomic mass is 19.4. The fourth-order valence-corrected chi connectivity index (χ4v) is 3.61. The van der Waals surface area contributed by atoms with E-state index in [-0.39, 0.29) is 5.75 Å². The first-order valence-corrected chi connectivity index (χ1v) is 9.54. The molecule has 0 radical (unpaired) electrons. The van der Waals surface area contributed by atoms with Crippen molar-refractivity contribution in [2.75, 3.05) is 0 Å². The summed E-state index contributed by atoms with van der Waals surface area (Å²) >= 11 is 0. The van der Waals surface area contributed by atoms with E-state index >= 15 is 0 Å². The van der Waals surface area contributed by atoms with Crippen LogP contribution in [0.2, 0.25) is 0 Å². The van der Waals surface area contributed by atoms with Crippen LogP contribution in [0.1, 0.15) is 50.5 Å². The first-order valence-electron chi connectivity index (χ1n) is 9.54. The number of rotatable bonds is 8. The number of hydrogen-bond acceptors (Lipinski definition) is 2. The molecule has 2 rings (SSSR count). The number of nitrogens with zero attached hydrogens (tertiary/aromatic N) is 1. The highest BCUT2D eigenvalue weighted by Gasteiger charge is 2.30. The van der Waals surface area contributed by atoms with Gasteiger partial charge in [0.25, 0.3) is 0 Å². The fraction of sp³-hybridized carbons (Fsp3) is 0.500. The Kier molecular flexibility index (Phi) is 8.44. The summed E-state index contributed by atoms with van der Waals surface area (Å²) in [6.45, 7) is 0. The van der Waals surface area contributed by atoms with E-state index in [9.17, 15) is 13.2 Å². The number of unbranched alkanes of at least 4 members (excludes halogenated alkanes) is 1. The van der Waals surface area contributed by atoms with Gasteiger partial charge >= 0.3 is 6.36 Å². The van der Waals surface area contributed by atoms with Crippen molar-refractivity contribution in [2.24, 2.45) is 11.8 Å². The predicted molar refractivity (Wildman–Crippen MR) is 100 cm³/mol. The maximum atomic E-state index is 12.1. The van der Waals surface area contributed by atoms with Gasteiger partial charge in [0.1, 0.15) is 5.75 Å². The molecule has 1 aromatic carbocycles. The largest absolute Gasteiger partial charge is 0.573 e. The van der Waals surface area contributed by atoms with Crippen molar-refractivity contribution in [3.8, 4) is 11.8 Å².